The normalized spacial score (nSPS) is 12.0. The van der Waals surface area contributed by atoms with Crippen molar-refractivity contribution in [3.8, 4) is 0 Å². The maximum Gasteiger partial charge on any atom is 0.213 e. The van der Waals surface area contributed by atoms with Gasteiger partial charge in [0, 0.05) is 19.6 Å². The van der Waals surface area contributed by atoms with Crippen LogP contribution in [-0.4, -0.2) is 33.2 Å². The Morgan fingerprint density at radius 2 is 1.61 bits per heavy atom. The van der Waals surface area contributed by atoms with Gasteiger partial charge in [-0.2, -0.15) is 0 Å². The number of rotatable bonds is 10. The zero-order chi connectivity index (χ0) is 20.2. The summed E-state index contributed by atoms with van der Waals surface area (Å²) in [7, 11) is -3.36. The Bertz CT molecular complexity index is 852. The lowest BCUT2D eigenvalue weighted by Gasteiger charge is -2.13. The zero-order valence-electron chi connectivity index (χ0n) is 16.6. The third-order valence-electron chi connectivity index (χ3n) is 4.25. The van der Waals surface area contributed by atoms with E-state index in [4.69, 9.17) is 0 Å². The summed E-state index contributed by atoms with van der Waals surface area (Å²) in [6.07, 6.45) is 0.959. The molecule has 0 heterocycles. The minimum absolute atomic E-state index is 0.0181. The van der Waals surface area contributed by atoms with Crippen molar-refractivity contribution in [3.63, 3.8) is 0 Å². The summed E-state index contributed by atoms with van der Waals surface area (Å²) >= 11 is 0. The summed E-state index contributed by atoms with van der Waals surface area (Å²) in [5.41, 5.74) is 3.39. The van der Waals surface area contributed by atoms with E-state index < -0.39 is 10.0 Å². The van der Waals surface area contributed by atoms with Crippen molar-refractivity contribution < 1.29 is 8.42 Å². The van der Waals surface area contributed by atoms with E-state index >= 15 is 0 Å². The van der Waals surface area contributed by atoms with Crippen LogP contribution in [0.25, 0.3) is 0 Å². The number of nitrogens with zero attached hydrogens (tertiary/aromatic N) is 1. The average molecular weight is 403 g/mol. The third-order valence-corrected chi connectivity index (χ3v) is 5.58. The first-order valence-electron chi connectivity index (χ1n) is 9.64. The van der Waals surface area contributed by atoms with Gasteiger partial charge in [0.1, 0.15) is 0 Å². The second-order valence-electron chi connectivity index (χ2n) is 6.37. The monoisotopic (exact) mass is 402 g/mol. The van der Waals surface area contributed by atoms with Crippen LogP contribution in [0.15, 0.2) is 59.6 Å². The highest BCUT2D eigenvalue weighted by Gasteiger charge is 2.10. The summed E-state index contributed by atoms with van der Waals surface area (Å²) in [6.45, 7) is 5.95. The van der Waals surface area contributed by atoms with Crippen molar-refractivity contribution in [1.29, 1.82) is 0 Å². The van der Waals surface area contributed by atoms with Crippen LogP contribution in [0.2, 0.25) is 0 Å². The van der Waals surface area contributed by atoms with E-state index in [1.165, 1.54) is 11.1 Å². The number of benzene rings is 2. The van der Waals surface area contributed by atoms with Crippen LogP contribution in [0.1, 0.15) is 30.5 Å². The second kappa shape index (κ2) is 11.5. The fraction of sp³-hybridized carbons (Fsp3) is 0.381. The molecule has 0 saturated carbocycles. The molecular weight excluding hydrogens is 372 g/mol. The molecule has 2 aromatic carbocycles. The molecule has 0 saturated heterocycles. The summed E-state index contributed by atoms with van der Waals surface area (Å²) in [5.74, 6) is 0.599. The Morgan fingerprint density at radius 1 is 0.929 bits per heavy atom. The molecule has 0 amide bonds. The Hall–Kier alpha value is -2.38. The first kappa shape index (κ1) is 21.9. The van der Waals surface area contributed by atoms with Gasteiger partial charge >= 0.3 is 0 Å². The number of hydrogen-bond acceptors (Lipinski definition) is 3. The van der Waals surface area contributed by atoms with Crippen molar-refractivity contribution in [1.82, 2.24) is 15.4 Å². The largest absolute Gasteiger partial charge is 0.357 e. The molecule has 0 aliphatic heterocycles. The molecule has 0 aliphatic rings. The quantitative estimate of drug-likeness (QED) is 0.421. The summed E-state index contributed by atoms with van der Waals surface area (Å²) in [4.78, 5) is 4.58. The Balaban J connectivity index is 1.86. The molecule has 0 atom stereocenters. The Labute approximate surface area is 168 Å². The molecule has 2 rings (SSSR count). The predicted octanol–water partition coefficient (Wildman–Crippen LogP) is 2.42. The van der Waals surface area contributed by atoms with E-state index in [1.54, 1.807) is 0 Å². The minimum Gasteiger partial charge on any atom is -0.357 e. The molecule has 3 N–H and O–H groups in total. The van der Waals surface area contributed by atoms with Crippen LogP contribution in [0, 0.1) is 0 Å². The third kappa shape index (κ3) is 7.70. The van der Waals surface area contributed by atoms with E-state index in [9.17, 15) is 8.42 Å². The van der Waals surface area contributed by atoms with Crippen molar-refractivity contribution in [2.24, 2.45) is 4.99 Å². The molecule has 0 radical (unpaired) electrons. The van der Waals surface area contributed by atoms with E-state index in [1.807, 2.05) is 49.4 Å². The van der Waals surface area contributed by atoms with E-state index in [0.29, 0.717) is 25.6 Å². The van der Waals surface area contributed by atoms with Gasteiger partial charge in [0.2, 0.25) is 10.0 Å². The SMILES string of the molecule is CCNC(=NCc1ccccc1CC)NCCS(=O)(=O)NCc1ccccc1. The van der Waals surface area contributed by atoms with Crippen LogP contribution >= 0.6 is 0 Å². The highest BCUT2D eigenvalue weighted by molar-refractivity contribution is 7.89. The summed E-state index contributed by atoms with van der Waals surface area (Å²) in [5, 5.41) is 6.26. The lowest BCUT2D eigenvalue weighted by atomic mass is 10.1. The first-order chi connectivity index (χ1) is 13.5. The maximum atomic E-state index is 12.2. The highest BCUT2D eigenvalue weighted by Crippen LogP contribution is 2.10. The zero-order valence-corrected chi connectivity index (χ0v) is 17.4. The fourth-order valence-corrected chi connectivity index (χ4v) is 3.63. The van der Waals surface area contributed by atoms with Gasteiger partial charge in [0.05, 0.1) is 12.3 Å². The highest BCUT2D eigenvalue weighted by atomic mass is 32.2. The van der Waals surface area contributed by atoms with Crippen LogP contribution in [-0.2, 0) is 29.5 Å². The number of aryl methyl sites for hydroxylation is 1. The van der Waals surface area contributed by atoms with Crippen molar-refractivity contribution >= 4 is 16.0 Å². The van der Waals surface area contributed by atoms with Crippen LogP contribution in [0.3, 0.4) is 0 Å². The molecule has 0 aliphatic carbocycles. The van der Waals surface area contributed by atoms with E-state index in [0.717, 1.165) is 12.0 Å². The van der Waals surface area contributed by atoms with Crippen LogP contribution in [0.4, 0.5) is 0 Å². The smallest absolute Gasteiger partial charge is 0.213 e. The fourth-order valence-electron chi connectivity index (χ4n) is 2.73. The lowest BCUT2D eigenvalue weighted by molar-refractivity contribution is 0.580. The van der Waals surface area contributed by atoms with Gasteiger partial charge in [-0.3, -0.25) is 0 Å². The molecule has 2 aromatic rings. The summed E-state index contributed by atoms with van der Waals surface area (Å²) in [6, 6.07) is 17.7. The van der Waals surface area contributed by atoms with Gasteiger partial charge < -0.3 is 10.6 Å². The van der Waals surface area contributed by atoms with Crippen LogP contribution in [0.5, 0.6) is 0 Å². The van der Waals surface area contributed by atoms with Gasteiger partial charge in [-0.15, -0.1) is 0 Å². The molecule has 0 unspecified atom stereocenters. The second-order valence-corrected chi connectivity index (χ2v) is 8.30. The van der Waals surface area contributed by atoms with Gasteiger partial charge in [-0.05, 0) is 30.0 Å². The number of sulfonamides is 1. The van der Waals surface area contributed by atoms with Gasteiger partial charge in [0.15, 0.2) is 5.96 Å². The molecule has 0 bridgehead atoms. The molecule has 0 fully saturated rings. The summed E-state index contributed by atoms with van der Waals surface area (Å²) < 4.78 is 27.0. The standard InChI is InChI=1S/C21H30N4O2S/c1-3-19-12-8-9-13-20(19)17-24-21(22-4-2)23-14-15-28(26,27)25-16-18-10-6-5-7-11-18/h5-13,25H,3-4,14-17H2,1-2H3,(H2,22,23,24). The number of guanidine groups is 1. The first-order valence-corrected chi connectivity index (χ1v) is 11.3. The molecule has 28 heavy (non-hydrogen) atoms. The lowest BCUT2D eigenvalue weighted by Crippen LogP contribution is -2.41. The number of hydrogen-bond donors (Lipinski definition) is 3. The molecule has 0 spiro atoms. The van der Waals surface area contributed by atoms with Crippen LogP contribution < -0.4 is 15.4 Å². The van der Waals surface area contributed by atoms with E-state index in [-0.39, 0.29) is 12.3 Å². The molecule has 0 aromatic heterocycles. The molecule has 6 nitrogen and oxygen atoms in total. The minimum atomic E-state index is -3.36. The van der Waals surface area contributed by atoms with Gasteiger partial charge in [-0.1, -0.05) is 61.5 Å². The van der Waals surface area contributed by atoms with Gasteiger partial charge in [0.25, 0.3) is 0 Å². The molecule has 152 valence electrons. The van der Waals surface area contributed by atoms with Crippen molar-refractivity contribution in [2.75, 3.05) is 18.8 Å². The van der Waals surface area contributed by atoms with Crippen molar-refractivity contribution in [3.05, 3.63) is 71.3 Å². The number of aliphatic imine (C=N–C) groups is 1. The van der Waals surface area contributed by atoms with E-state index in [2.05, 4.69) is 39.4 Å². The Kier molecular flexibility index (Phi) is 8.97. The molecular formula is C21H30N4O2S. The Morgan fingerprint density at radius 3 is 2.29 bits per heavy atom. The molecule has 7 heteroatoms. The topological polar surface area (TPSA) is 82.6 Å². The number of nitrogens with one attached hydrogen (secondary N) is 3. The van der Waals surface area contributed by atoms with Crippen molar-refractivity contribution in [2.45, 2.75) is 33.4 Å². The average Bonchev–Trinajstić information content (AvgIpc) is 2.71. The maximum absolute atomic E-state index is 12.2. The predicted molar refractivity (Wildman–Crippen MR) is 116 cm³/mol. The van der Waals surface area contributed by atoms with Gasteiger partial charge in [-0.25, -0.2) is 18.1 Å².